The van der Waals surface area contributed by atoms with E-state index in [1.165, 1.54) is 24.3 Å². The highest BCUT2D eigenvalue weighted by molar-refractivity contribution is 14.1. The van der Waals surface area contributed by atoms with Crippen molar-refractivity contribution in [3.8, 4) is 5.75 Å². The van der Waals surface area contributed by atoms with E-state index >= 15 is 0 Å². The molecule has 0 unspecified atom stereocenters. The fourth-order valence-corrected chi connectivity index (χ4v) is 4.52. The van der Waals surface area contributed by atoms with Crippen LogP contribution in [-0.2, 0) is 10.0 Å². The predicted molar refractivity (Wildman–Crippen MR) is 117 cm³/mol. The molecular formula is C15H9I3NO5S-. The Kier molecular flexibility index (Phi) is 7.06. The number of nitrogens with zero attached hydrogens (tertiary/aromatic N) is 1. The first kappa shape index (κ1) is 20.8. The van der Waals surface area contributed by atoms with Crippen molar-refractivity contribution < 1.29 is 23.1 Å². The number of hydrogen-bond acceptors (Lipinski definition) is 5. The molecule has 0 amide bonds. The van der Waals surface area contributed by atoms with Crippen LogP contribution in [0.2, 0.25) is 0 Å². The average Bonchev–Trinajstić information content (AvgIpc) is 2.49. The molecule has 25 heavy (non-hydrogen) atoms. The van der Waals surface area contributed by atoms with Crippen molar-refractivity contribution in [1.29, 1.82) is 0 Å². The summed E-state index contributed by atoms with van der Waals surface area (Å²) in [6.07, 6.45) is 0.839. The summed E-state index contributed by atoms with van der Waals surface area (Å²) in [5.41, 5.74) is 0.535. The molecule has 132 valence electrons. The minimum Gasteiger partial charge on any atom is -0.858 e. The normalized spacial score (nSPS) is 12.1. The fourth-order valence-electron chi connectivity index (χ4n) is 1.74. The number of esters is 1. The fraction of sp³-hybridized carbons (Fsp3) is 0.0667. The zero-order valence-corrected chi connectivity index (χ0v) is 19.8. The summed E-state index contributed by atoms with van der Waals surface area (Å²) < 4.78 is 33.1. The number of carbonyl (C=O) groups is 1. The molecule has 0 bridgehead atoms. The van der Waals surface area contributed by atoms with Crippen LogP contribution in [0.15, 0.2) is 40.8 Å². The van der Waals surface area contributed by atoms with E-state index in [0.29, 0.717) is 5.56 Å². The smallest absolute Gasteiger partial charge is 0.344 e. The largest absolute Gasteiger partial charge is 0.858 e. The standard InChI is InChI=1S/C15H10I3NO5S/c1-25(22,23)19-14(20)8-2-4-10(5-3-8)24-15(21)11-6-9(16)7-12(17)13(11)18/h2-7H,1H3,(H,19,20)/p-1. The zero-order chi connectivity index (χ0) is 18.8. The van der Waals surface area contributed by atoms with E-state index in [2.05, 4.69) is 72.2 Å². The lowest BCUT2D eigenvalue weighted by molar-refractivity contribution is -0.212. The maximum Gasteiger partial charge on any atom is 0.344 e. The third kappa shape index (κ3) is 6.02. The summed E-state index contributed by atoms with van der Waals surface area (Å²) in [7, 11) is -3.76. The molecule has 0 aliphatic heterocycles. The number of rotatable bonds is 4. The van der Waals surface area contributed by atoms with Gasteiger partial charge in [0.25, 0.3) is 0 Å². The lowest BCUT2D eigenvalue weighted by Gasteiger charge is -2.11. The monoisotopic (exact) mass is 696 g/mol. The lowest BCUT2D eigenvalue weighted by atomic mass is 10.2. The molecule has 0 atom stereocenters. The molecule has 0 spiro atoms. The van der Waals surface area contributed by atoms with Gasteiger partial charge in [-0.3, -0.25) is 0 Å². The summed E-state index contributed by atoms with van der Waals surface area (Å²) in [6.45, 7) is 0. The van der Waals surface area contributed by atoms with Gasteiger partial charge in [-0.15, -0.1) is 0 Å². The van der Waals surface area contributed by atoms with Crippen LogP contribution in [0.5, 0.6) is 5.75 Å². The van der Waals surface area contributed by atoms with E-state index in [1.807, 2.05) is 6.07 Å². The number of sulfonamides is 1. The maximum atomic E-state index is 12.3. The van der Waals surface area contributed by atoms with E-state index in [4.69, 9.17) is 4.74 Å². The Balaban J connectivity index is 2.22. The molecule has 0 radical (unpaired) electrons. The van der Waals surface area contributed by atoms with Crippen LogP contribution in [0.3, 0.4) is 0 Å². The summed E-state index contributed by atoms with van der Waals surface area (Å²) in [4.78, 5) is 12.3. The minimum absolute atomic E-state index is 0.0867. The highest BCUT2D eigenvalue weighted by Crippen LogP contribution is 2.24. The Bertz CT molecular complexity index is 956. The molecule has 0 aromatic heterocycles. The van der Waals surface area contributed by atoms with Crippen LogP contribution in [0, 0.1) is 10.7 Å². The zero-order valence-electron chi connectivity index (χ0n) is 12.5. The second kappa shape index (κ2) is 8.47. The number of hydrogen-bond donors (Lipinski definition) is 0. The summed E-state index contributed by atoms with van der Waals surface area (Å²) in [6, 6.07) is 9.20. The van der Waals surface area contributed by atoms with Crippen molar-refractivity contribution in [1.82, 2.24) is 0 Å². The highest BCUT2D eigenvalue weighted by atomic mass is 127. The van der Waals surface area contributed by atoms with Gasteiger partial charge in [-0.1, -0.05) is 12.1 Å². The van der Waals surface area contributed by atoms with Gasteiger partial charge in [0.05, 0.1) is 11.8 Å². The van der Waals surface area contributed by atoms with Crippen molar-refractivity contribution in [3.63, 3.8) is 0 Å². The first-order valence-electron chi connectivity index (χ1n) is 6.51. The number of benzene rings is 2. The second-order valence-electron chi connectivity index (χ2n) is 4.79. The van der Waals surface area contributed by atoms with Gasteiger partial charge in [-0.25, -0.2) is 13.2 Å². The topological polar surface area (TPSA) is 95.9 Å². The van der Waals surface area contributed by atoms with Crippen molar-refractivity contribution in [2.75, 3.05) is 6.26 Å². The van der Waals surface area contributed by atoms with Gasteiger partial charge in [0, 0.05) is 16.6 Å². The molecule has 0 saturated carbocycles. The van der Waals surface area contributed by atoms with Gasteiger partial charge in [-0.05, 0) is 97.6 Å². The van der Waals surface area contributed by atoms with Crippen LogP contribution in [-0.4, -0.2) is 26.5 Å². The van der Waals surface area contributed by atoms with Gasteiger partial charge in [0.2, 0.25) is 10.0 Å². The van der Waals surface area contributed by atoms with Crippen molar-refractivity contribution in [2.24, 2.45) is 4.40 Å². The lowest BCUT2D eigenvalue weighted by Crippen LogP contribution is -2.20. The molecule has 2 aromatic rings. The van der Waals surface area contributed by atoms with Crippen LogP contribution in [0.4, 0.5) is 0 Å². The molecule has 0 fully saturated rings. The average molecular weight is 696 g/mol. The summed E-state index contributed by atoms with van der Waals surface area (Å²) >= 11 is 6.35. The quantitative estimate of drug-likeness (QED) is 0.123. The molecule has 2 aromatic carbocycles. The van der Waals surface area contributed by atoms with E-state index in [0.717, 1.165) is 17.0 Å². The maximum absolute atomic E-state index is 12.3. The molecule has 0 heterocycles. The van der Waals surface area contributed by atoms with Crippen LogP contribution in [0.25, 0.3) is 0 Å². The van der Waals surface area contributed by atoms with E-state index < -0.39 is 21.9 Å². The van der Waals surface area contributed by atoms with Crippen molar-refractivity contribution >= 4 is 89.7 Å². The molecule has 0 aliphatic carbocycles. The minimum atomic E-state index is -3.76. The summed E-state index contributed by atoms with van der Waals surface area (Å²) in [5.74, 6) is -1.15. The number of halogens is 3. The molecule has 10 heteroatoms. The third-order valence-electron chi connectivity index (χ3n) is 2.77. The van der Waals surface area contributed by atoms with Gasteiger partial charge in [-0.2, -0.15) is 4.40 Å². The SMILES string of the molecule is CS(=O)(=O)/N=C(/[O-])c1ccc(OC(=O)c2cc(I)cc(I)c2I)cc1. The van der Waals surface area contributed by atoms with Gasteiger partial charge >= 0.3 is 5.97 Å². The second-order valence-corrected chi connectivity index (χ2v) is 9.93. The van der Waals surface area contributed by atoms with Crippen molar-refractivity contribution in [2.45, 2.75) is 0 Å². The third-order valence-corrected chi connectivity index (χ3v) is 6.94. The Labute approximate surface area is 185 Å². The Morgan fingerprint density at radius 1 is 1.12 bits per heavy atom. The number of carbonyl (C=O) groups excluding carboxylic acids is 1. The van der Waals surface area contributed by atoms with Gasteiger partial charge in [0.15, 0.2) is 0 Å². The Morgan fingerprint density at radius 2 is 1.72 bits per heavy atom. The molecular weight excluding hydrogens is 687 g/mol. The van der Waals surface area contributed by atoms with E-state index in [9.17, 15) is 18.3 Å². The van der Waals surface area contributed by atoms with Gasteiger partial charge < -0.3 is 9.84 Å². The molecule has 0 N–H and O–H groups in total. The Morgan fingerprint density at radius 3 is 2.28 bits per heavy atom. The van der Waals surface area contributed by atoms with Gasteiger partial charge in [0.1, 0.15) is 5.75 Å². The van der Waals surface area contributed by atoms with Crippen LogP contribution >= 0.6 is 67.8 Å². The summed E-state index contributed by atoms with van der Waals surface area (Å²) in [5, 5.41) is 11.7. The van der Waals surface area contributed by atoms with E-state index in [1.54, 1.807) is 6.07 Å². The van der Waals surface area contributed by atoms with Crippen LogP contribution in [0.1, 0.15) is 15.9 Å². The highest BCUT2D eigenvalue weighted by Gasteiger charge is 2.16. The first-order valence-corrected chi connectivity index (χ1v) is 11.6. The molecule has 0 aliphatic rings. The predicted octanol–water partition coefficient (Wildman–Crippen LogP) is 2.79. The first-order chi connectivity index (χ1) is 11.6. The van der Waals surface area contributed by atoms with Crippen molar-refractivity contribution in [3.05, 3.63) is 58.2 Å². The molecule has 6 nitrogen and oxygen atoms in total. The van der Waals surface area contributed by atoms with E-state index in [-0.39, 0.29) is 11.3 Å². The molecule has 2 rings (SSSR count). The Hall–Kier alpha value is -0.480. The van der Waals surface area contributed by atoms with Crippen LogP contribution < -0.4 is 9.84 Å². The molecule has 0 saturated heterocycles. The number of ether oxygens (including phenoxy) is 1.